The summed E-state index contributed by atoms with van der Waals surface area (Å²) in [5, 5.41) is 6.64. The number of likely N-dealkylation sites (N-methyl/N-ethyl adjacent to an activating group) is 1. The lowest BCUT2D eigenvalue weighted by molar-refractivity contribution is 0.0997. The summed E-state index contributed by atoms with van der Waals surface area (Å²) in [7, 11) is 3.73. The van der Waals surface area contributed by atoms with Gasteiger partial charge >= 0.3 is 0 Å². The number of amides is 2. The number of aromatic nitrogens is 1. The van der Waals surface area contributed by atoms with E-state index in [1.807, 2.05) is 24.3 Å². The van der Waals surface area contributed by atoms with Crippen LogP contribution in [-0.4, -0.2) is 66.9 Å². The van der Waals surface area contributed by atoms with E-state index in [1.165, 1.54) is 0 Å². The van der Waals surface area contributed by atoms with Gasteiger partial charge in [0.2, 0.25) is 0 Å². The molecule has 1 saturated heterocycles. The molecular weight excluding hydrogens is 452 g/mol. The minimum atomic E-state index is -0.711. The maximum Gasteiger partial charge on any atom is 0.270 e. The number of thiazole rings is 1. The molecule has 1 fully saturated rings. The molecule has 34 heavy (non-hydrogen) atoms. The first-order valence-electron chi connectivity index (χ1n) is 10.9. The summed E-state index contributed by atoms with van der Waals surface area (Å²) in [6.07, 6.45) is 0. The molecule has 1 aliphatic heterocycles. The second kappa shape index (κ2) is 10.6. The first-order chi connectivity index (χ1) is 16.4. The Labute approximate surface area is 202 Å². The van der Waals surface area contributed by atoms with Crippen molar-refractivity contribution in [2.75, 3.05) is 51.0 Å². The van der Waals surface area contributed by atoms with Gasteiger partial charge in [0.25, 0.3) is 11.8 Å². The van der Waals surface area contributed by atoms with Crippen LogP contribution in [0.25, 0.3) is 0 Å². The lowest BCUT2D eigenvalue weighted by Gasteiger charge is -2.32. The number of carbonyl (C=O) groups excluding carboxylic acids is 2. The number of anilines is 3. The van der Waals surface area contributed by atoms with Crippen molar-refractivity contribution in [3.63, 3.8) is 0 Å². The summed E-state index contributed by atoms with van der Waals surface area (Å²) < 4.78 is 5.16. The van der Waals surface area contributed by atoms with E-state index < -0.39 is 5.91 Å². The number of carbonyl (C=O) groups is 2. The average Bonchev–Trinajstić information content (AvgIpc) is 3.24. The number of rotatable bonds is 8. The Balaban J connectivity index is 1.41. The molecule has 2 heterocycles. The van der Waals surface area contributed by atoms with E-state index in [0.29, 0.717) is 15.7 Å². The van der Waals surface area contributed by atoms with E-state index in [1.54, 1.807) is 31.4 Å². The van der Waals surface area contributed by atoms with Crippen molar-refractivity contribution in [3.05, 3.63) is 65.4 Å². The number of benzene rings is 2. The minimum Gasteiger partial charge on any atom is -0.497 e. The van der Waals surface area contributed by atoms with E-state index in [-0.39, 0.29) is 11.6 Å². The largest absolute Gasteiger partial charge is 0.497 e. The molecule has 2 aromatic carbocycles. The molecule has 9 nitrogen and oxygen atoms in total. The third-order valence-electron chi connectivity index (χ3n) is 5.65. The zero-order valence-electron chi connectivity index (χ0n) is 19.2. The van der Waals surface area contributed by atoms with Crippen molar-refractivity contribution in [3.8, 4) is 5.75 Å². The van der Waals surface area contributed by atoms with Crippen molar-refractivity contribution in [1.82, 2.24) is 14.8 Å². The molecule has 10 heteroatoms. The zero-order valence-corrected chi connectivity index (χ0v) is 20.0. The van der Waals surface area contributed by atoms with Gasteiger partial charge < -0.3 is 26.0 Å². The third kappa shape index (κ3) is 5.90. The molecule has 178 valence electrons. The average molecular weight is 481 g/mol. The monoisotopic (exact) mass is 480 g/mol. The summed E-state index contributed by atoms with van der Waals surface area (Å²) in [6.45, 7) is 5.05. The van der Waals surface area contributed by atoms with E-state index in [0.717, 1.165) is 61.1 Å². The van der Waals surface area contributed by atoms with Crippen molar-refractivity contribution >= 4 is 39.0 Å². The quantitative estimate of drug-likeness (QED) is 0.454. The molecular formula is C24H28N6O3S. The number of hydrogen-bond acceptors (Lipinski definition) is 8. The Bertz CT molecular complexity index is 1140. The van der Waals surface area contributed by atoms with Gasteiger partial charge in [-0.3, -0.25) is 14.5 Å². The summed E-state index contributed by atoms with van der Waals surface area (Å²) in [5.41, 5.74) is 7.92. The number of nitrogens with zero attached hydrogens (tertiary/aromatic N) is 3. The Kier molecular flexibility index (Phi) is 7.41. The Morgan fingerprint density at radius 2 is 1.74 bits per heavy atom. The zero-order chi connectivity index (χ0) is 24.1. The summed E-state index contributed by atoms with van der Waals surface area (Å²) in [4.78, 5) is 33.7. The highest BCUT2D eigenvalue weighted by Gasteiger charge is 2.19. The fraction of sp³-hybridized carbons (Fsp3) is 0.292. The van der Waals surface area contributed by atoms with Crippen LogP contribution < -0.4 is 21.1 Å². The van der Waals surface area contributed by atoms with Gasteiger partial charge in [0.05, 0.1) is 7.11 Å². The highest BCUT2D eigenvalue weighted by atomic mass is 32.1. The summed E-state index contributed by atoms with van der Waals surface area (Å²) in [5.74, 6) is -0.310. The predicted molar refractivity (Wildman–Crippen MR) is 134 cm³/mol. The van der Waals surface area contributed by atoms with Crippen LogP contribution in [0.3, 0.4) is 0 Å². The topological polar surface area (TPSA) is 113 Å². The minimum absolute atomic E-state index is 0.0149. The van der Waals surface area contributed by atoms with Gasteiger partial charge in [-0.05, 0) is 49.0 Å². The second-order valence-corrected chi connectivity index (χ2v) is 9.14. The lowest BCUT2D eigenvalue weighted by Crippen LogP contribution is -2.43. The molecule has 0 saturated carbocycles. The van der Waals surface area contributed by atoms with Gasteiger partial charge in [0.15, 0.2) is 10.8 Å². The number of piperazine rings is 1. The van der Waals surface area contributed by atoms with Crippen molar-refractivity contribution in [1.29, 1.82) is 0 Å². The number of methoxy groups -OCH3 is 1. The van der Waals surface area contributed by atoms with Gasteiger partial charge in [-0.25, -0.2) is 4.98 Å². The first kappa shape index (κ1) is 23.7. The molecule has 0 aliphatic carbocycles. The van der Waals surface area contributed by atoms with Crippen LogP contribution in [0.2, 0.25) is 0 Å². The lowest BCUT2D eigenvalue weighted by atomic mass is 10.1. The van der Waals surface area contributed by atoms with Gasteiger partial charge in [-0.15, -0.1) is 0 Å². The molecule has 4 rings (SSSR count). The molecule has 4 N–H and O–H groups in total. The summed E-state index contributed by atoms with van der Waals surface area (Å²) in [6, 6.07) is 14.8. The van der Waals surface area contributed by atoms with Crippen LogP contribution in [-0.2, 0) is 6.54 Å². The second-order valence-electron chi connectivity index (χ2n) is 8.14. The first-order valence-corrected chi connectivity index (χ1v) is 11.8. The maximum atomic E-state index is 12.8. The molecule has 0 radical (unpaired) electrons. The van der Waals surface area contributed by atoms with Gasteiger partial charge in [0, 0.05) is 44.0 Å². The fourth-order valence-corrected chi connectivity index (χ4v) is 4.51. The molecule has 0 bridgehead atoms. The number of nitrogens with two attached hydrogens (primary N) is 1. The number of hydrogen-bond donors (Lipinski definition) is 3. The highest BCUT2D eigenvalue weighted by molar-refractivity contribution is 7.20. The molecule has 1 aromatic heterocycles. The van der Waals surface area contributed by atoms with Crippen LogP contribution in [0.15, 0.2) is 48.5 Å². The standard InChI is InChI=1S/C24H28N6O3S/c1-29-11-13-30(14-12-29)15-16-3-5-17(6-4-16)22(32)28-23-20(21(25)31)27-24(34-23)26-18-7-9-19(33-2)10-8-18/h3-10H,11-15H2,1-2H3,(H2,25,31)(H,26,27)(H,28,32). The Hall–Kier alpha value is -3.47. The Morgan fingerprint density at radius 1 is 1.06 bits per heavy atom. The molecule has 0 unspecified atom stereocenters. The van der Waals surface area contributed by atoms with Crippen LogP contribution in [0.4, 0.5) is 15.8 Å². The van der Waals surface area contributed by atoms with Gasteiger partial charge in [-0.2, -0.15) is 0 Å². The smallest absolute Gasteiger partial charge is 0.270 e. The van der Waals surface area contributed by atoms with Crippen molar-refractivity contribution in [2.45, 2.75) is 6.54 Å². The number of ether oxygens (including phenoxy) is 1. The van der Waals surface area contributed by atoms with Crippen molar-refractivity contribution < 1.29 is 14.3 Å². The van der Waals surface area contributed by atoms with Gasteiger partial charge in [-0.1, -0.05) is 23.5 Å². The van der Waals surface area contributed by atoms with Crippen LogP contribution >= 0.6 is 11.3 Å². The van der Waals surface area contributed by atoms with E-state index in [9.17, 15) is 9.59 Å². The van der Waals surface area contributed by atoms with Crippen LogP contribution in [0.1, 0.15) is 26.4 Å². The molecule has 3 aromatic rings. The van der Waals surface area contributed by atoms with Crippen LogP contribution in [0, 0.1) is 0 Å². The SMILES string of the molecule is COc1ccc(Nc2nc(C(N)=O)c(NC(=O)c3ccc(CN4CCN(C)CC4)cc3)s2)cc1. The molecule has 1 aliphatic rings. The summed E-state index contributed by atoms with van der Waals surface area (Å²) >= 11 is 1.15. The highest BCUT2D eigenvalue weighted by Crippen LogP contribution is 2.31. The third-order valence-corrected chi connectivity index (χ3v) is 6.53. The van der Waals surface area contributed by atoms with E-state index in [4.69, 9.17) is 10.5 Å². The number of nitrogens with one attached hydrogen (secondary N) is 2. The number of primary amides is 1. The predicted octanol–water partition coefficient (Wildman–Crippen LogP) is 2.99. The van der Waals surface area contributed by atoms with E-state index in [2.05, 4.69) is 32.5 Å². The van der Waals surface area contributed by atoms with E-state index >= 15 is 0 Å². The maximum absolute atomic E-state index is 12.8. The normalized spacial score (nSPS) is 14.5. The van der Waals surface area contributed by atoms with Gasteiger partial charge in [0.1, 0.15) is 10.8 Å². The van der Waals surface area contributed by atoms with Crippen LogP contribution in [0.5, 0.6) is 5.75 Å². The molecule has 0 spiro atoms. The Morgan fingerprint density at radius 3 is 2.35 bits per heavy atom. The fourth-order valence-electron chi connectivity index (χ4n) is 3.62. The molecule has 0 atom stereocenters. The molecule has 2 amide bonds. The van der Waals surface area contributed by atoms with Crippen molar-refractivity contribution in [2.24, 2.45) is 5.73 Å².